The molecule has 0 radical (unpaired) electrons. The summed E-state index contributed by atoms with van der Waals surface area (Å²) in [5.74, 6) is 0.00622. The summed E-state index contributed by atoms with van der Waals surface area (Å²) in [5.41, 5.74) is 1.52. The summed E-state index contributed by atoms with van der Waals surface area (Å²) in [7, 11) is -3.80. The monoisotopic (exact) mass is 439 g/mol. The van der Waals surface area contributed by atoms with Crippen LogP contribution in [0.25, 0.3) is 6.08 Å². The predicted octanol–water partition coefficient (Wildman–Crippen LogP) is 4.10. The first-order chi connectivity index (χ1) is 13.4. The van der Waals surface area contributed by atoms with Gasteiger partial charge in [-0.3, -0.25) is 4.79 Å². The molecule has 0 aliphatic heterocycles. The van der Waals surface area contributed by atoms with Crippen LogP contribution in [-0.4, -0.2) is 32.4 Å². The second-order valence-corrected chi connectivity index (χ2v) is 8.96. The highest BCUT2D eigenvalue weighted by atomic mass is 35.5. The van der Waals surface area contributed by atoms with Crippen LogP contribution in [-0.2, 0) is 26.2 Å². The summed E-state index contributed by atoms with van der Waals surface area (Å²) < 4.78 is 32.4. The highest BCUT2D eigenvalue weighted by Gasteiger charge is 2.24. The molecule has 0 aromatic heterocycles. The summed E-state index contributed by atoms with van der Waals surface area (Å²) >= 11 is 7.36. The minimum atomic E-state index is -3.80. The molecular formula is C20H22ClNO4S2. The molecule has 0 saturated heterocycles. The third-order valence-corrected chi connectivity index (χ3v) is 5.74. The molecule has 0 aliphatic carbocycles. The van der Waals surface area contributed by atoms with Gasteiger partial charge >= 0.3 is 5.97 Å². The van der Waals surface area contributed by atoms with Gasteiger partial charge in [0.05, 0.1) is 0 Å². The molecule has 150 valence electrons. The molecule has 5 nitrogen and oxygen atoms in total. The molecule has 0 heterocycles. The summed E-state index contributed by atoms with van der Waals surface area (Å²) in [6.45, 7) is 0.0490. The van der Waals surface area contributed by atoms with Crippen LogP contribution in [0.15, 0.2) is 60.0 Å². The van der Waals surface area contributed by atoms with Gasteiger partial charge in [-0.2, -0.15) is 16.5 Å². The lowest BCUT2D eigenvalue weighted by atomic mass is 10.2. The first-order valence-electron chi connectivity index (χ1n) is 8.55. The number of benzene rings is 2. The van der Waals surface area contributed by atoms with Crippen molar-refractivity contribution < 1.29 is 17.9 Å². The number of hydrogen-bond donors (Lipinski definition) is 1. The van der Waals surface area contributed by atoms with Gasteiger partial charge in [-0.05, 0) is 47.8 Å². The molecule has 0 spiro atoms. The van der Waals surface area contributed by atoms with Crippen LogP contribution in [0.4, 0.5) is 0 Å². The summed E-state index contributed by atoms with van der Waals surface area (Å²) in [5, 5.41) is 1.65. The highest BCUT2D eigenvalue weighted by molar-refractivity contribution is 7.98. The van der Waals surface area contributed by atoms with E-state index < -0.39 is 22.0 Å². The third kappa shape index (κ3) is 8.06. The molecule has 28 heavy (non-hydrogen) atoms. The fourth-order valence-electron chi connectivity index (χ4n) is 2.27. The van der Waals surface area contributed by atoms with E-state index in [2.05, 4.69) is 4.72 Å². The Balaban J connectivity index is 2.01. The third-order valence-electron chi connectivity index (χ3n) is 3.74. The molecule has 2 aromatic carbocycles. The molecule has 0 aliphatic rings. The van der Waals surface area contributed by atoms with Crippen LogP contribution >= 0.6 is 23.4 Å². The molecule has 0 fully saturated rings. The average Bonchev–Trinajstić information content (AvgIpc) is 2.70. The van der Waals surface area contributed by atoms with Crippen molar-refractivity contribution in [3.05, 3.63) is 76.2 Å². The number of carbonyl (C=O) groups excluding carboxylic acids is 1. The van der Waals surface area contributed by atoms with Crippen LogP contribution < -0.4 is 4.72 Å². The predicted molar refractivity (Wildman–Crippen MR) is 116 cm³/mol. The number of esters is 1. The Hall–Kier alpha value is -1.80. The van der Waals surface area contributed by atoms with Crippen LogP contribution in [0.2, 0.25) is 5.02 Å². The maximum absolute atomic E-state index is 12.4. The zero-order chi connectivity index (χ0) is 20.4. The van der Waals surface area contributed by atoms with E-state index in [1.807, 2.05) is 24.5 Å². The number of nitrogens with one attached hydrogen (secondary N) is 1. The minimum Gasteiger partial charge on any atom is -0.460 e. The number of thioether (sulfide) groups is 1. The van der Waals surface area contributed by atoms with Crippen molar-refractivity contribution >= 4 is 45.4 Å². The lowest BCUT2D eigenvalue weighted by Gasteiger charge is -2.16. The number of halogens is 1. The van der Waals surface area contributed by atoms with Crippen LogP contribution in [0.3, 0.4) is 0 Å². The lowest BCUT2D eigenvalue weighted by Crippen LogP contribution is -2.41. The Labute approximate surface area is 175 Å². The van der Waals surface area contributed by atoms with Gasteiger partial charge in [0.1, 0.15) is 12.6 Å². The SMILES string of the molecule is CSCCC(NS(=O)(=O)C=Cc1ccccc1)C(=O)OCc1ccc(Cl)cc1. The number of hydrogen-bond acceptors (Lipinski definition) is 5. The summed E-state index contributed by atoms with van der Waals surface area (Å²) in [6.07, 6.45) is 3.70. The van der Waals surface area contributed by atoms with E-state index in [0.29, 0.717) is 17.2 Å². The molecular weight excluding hydrogens is 418 g/mol. The first kappa shape index (κ1) is 22.5. The zero-order valence-electron chi connectivity index (χ0n) is 15.4. The normalized spacial score (nSPS) is 12.8. The van der Waals surface area contributed by atoms with Crippen LogP contribution in [0.1, 0.15) is 17.5 Å². The van der Waals surface area contributed by atoms with Gasteiger partial charge in [0.25, 0.3) is 0 Å². The number of carbonyl (C=O) groups is 1. The van der Waals surface area contributed by atoms with Crippen molar-refractivity contribution in [3.63, 3.8) is 0 Å². The molecule has 0 saturated carbocycles. The maximum atomic E-state index is 12.4. The molecule has 1 unspecified atom stereocenters. The number of ether oxygens (including phenoxy) is 1. The van der Waals surface area contributed by atoms with E-state index >= 15 is 0 Å². The average molecular weight is 440 g/mol. The van der Waals surface area contributed by atoms with E-state index in [-0.39, 0.29) is 6.61 Å². The Kier molecular flexibility index (Phi) is 9.05. The maximum Gasteiger partial charge on any atom is 0.324 e. The number of rotatable bonds is 10. The lowest BCUT2D eigenvalue weighted by molar-refractivity contribution is -0.147. The fourth-order valence-corrected chi connectivity index (χ4v) is 3.89. The topological polar surface area (TPSA) is 72.5 Å². The fraction of sp³-hybridized carbons (Fsp3) is 0.250. The van der Waals surface area contributed by atoms with Gasteiger partial charge in [-0.15, -0.1) is 0 Å². The molecule has 8 heteroatoms. The Morgan fingerprint density at radius 1 is 1.18 bits per heavy atom. The van der Waals surface area contributed by atoms with Crippen molar-refractivity contribution in [2.75, 3.05) is 12.0 Å². The summed E-state index contributed by atoms with van der Waals surface area (Å²) in [6, 6.07) is 15.0. The van der Waals surface area contributed by atoms with Gasteiger partial charge in [-0.1, -0.05) is 54.1 Å². The van der Waals surface area contributed by atoms with Crippen molar-refractivity contribution in [3.8, 4) is 0 Å². The van der Waals surface area contributed by atoms with Crippen LogP contribution in [0, 0.1) is 0 Å². The molecule has 2 aromatic rings. The largest absolute Gasteiger partial charge is 0.460 e. The van der Waals surface area contributed by atoms with E-state index in [0.717, 1.165) is 16.5 Å². The highest BCUT2D eigenvalue weighted by Crippen LogP contribution is 2.12. The van der Waals surface area contributed by atoms with Gasteiger partial charge < -0.3 is 4.74 Å². The van der Waals surface area contributed by atoms with Crippen molar-refractivity contribution in [2.24, 2.45) is 0 Å². The quantitative estimate of drug-likeness (QED) is 0.564. The van der Waals surface area contributed by atoms with Gasteiger partial charge in [0.15, 0.2) is 0 Å². The van der Waals surface area contributed by atoms with E-state index in [4.69, 9.17) is 16.3 Å². The van der Waals surface area contributed by atoms with Crippen molar-refractivity contribution in [1.82, 2.24) is 4.72 Å². The Morgan fingerprint density at radius 2 is 1.86 bits per heavy atom. The second-order valence-electron chi connectivity index (χ2n) is 5.94. The Morgan fingerprint density at radius 3 is 2.50 bits per heavy atom. The summed E-state index contributed by atoms with van der Waals surface area (Å²) in [4.78, 5) is 12.4. The standard InChI is InChI=1S/C20H22ClNO4S2/c1-27-13-11-19(20(23)26-15-17-7-9-18(21)10-8-17)22-28(24,25)14-12-16-5-3-2-4-6-16/h2-10,12,14,19,22H,11,13,15H2,1H3. The van der Waals surface area contributed by atoms with Gasteiger partial charge in [0.2, 0.25) is 10.0 Å². The molecule has 0 amide bonds. The zero-order valence-corrected chi connectivity index (χ0v) is 17.8. The molecule has 0 bridgehead atoms. The first-order valence-corrected chi connectivity index (χ1v) is 11.9. The van der Waals surface area contributed by atoms with Gasteiger partial charge in [-0.25, -0.2) is 8.42 Å². The molecule has 1 atom stereocenters. The smallest absolute Gasteiger partial charge is 0.324 e. The minimum absolute atomic E-state index is 0.0490. The van der Waals surface area contributed by atoms with Crippen LogP contribution in [0.5, 0.6) is 0 Å². The second kappa shape index (κ2) is 11.3. The molecule has 1 N–H and O–H groups in total. The Bertz CT molecular complexity index is 884. The van der Waals surface area contributed by atoms with Gasteiger partial charge in [0, 0.05) is 10.4 Å². The van der Waals surface area contributed by atoms with E-state index in [1.165, 1.54) is 17.8 Å². The van der Waals surface area contributed by atoms with E-state index in [1.54, 1.807) is 36.4 Å². The van der Waals surface area contributed by atoms with Crippen molar-refractivity contribution in [1.29, 1.82) is 0 Å². The van der Waals surface area contributed by atoms with Crippen molar-refractivity contribution in [2.45, 2.75) is 19.1 Å². The molecule has 2 rings (SSSR count). The number of sulfonamides is 1. The van der Waals surface area contributed by atoms with E-state index in [9.17, 15) is 13.2 Å².